The van der Waals surface area contributed by atoms with Crippen molar-refractivity contribution in [2.45, 2.75) is 45.6 Å². The third-order valence-corrected chi connectivity index (χ3v) is 6.37. The number of hydrogen-bond acceptors (Lipinski definition) is 5. The SMILES string of the molecule is Cc1onc(-c2ccc(Br)s2)c1C(=O)NCCCN1CCCCC1C. The maximum absolute atomic E-state index is 12.6. The van der Waals surface area contributed by atoms with Crippen LogP contribution in [-0.2, 0) is 0 Å². The Morgan fingerprint density at radius 2 is 2.32 bits per heavy atom. The smallest absolute Gasteiger partial charge is 0.257 e. The topological polar surface area (TPSA) is 58.4 Å². The monoisotopic (exact) mass is 425 g/mol. The predicted molar refractivity (Wildman–Crippen MR) is 104 cm³/mol. The molecule has 1 atom stereocenters. The van der Waals surface area contributed by atoms with Crippen LogP contribution in [0.2, 0.25) is 0 Å². The van der Waals surface area contributed by atoms with Gasteiger partial charge in [0.2, 0.25) is 0 Å². The van der Waals surface area contributed by atoms with Crippen LogP contribution in [0.4, 0.5) is 0 Å². The van der Waals surface area contributed by atoms with E-state index in [4.69, 9.17) is 4.52 Å². The lowest BCUT2D eigenvalue weighted by Gasteiger charge is -2.33. The summed E-state index contributed by atoms with van der Waals surface area (Å²) in [6.07, 6.45) is 4.87. The molecule has 1 aliphatic heterocycles. The maximum atomic E-state index is 12.6. The van der Waals surface area contributed by atoms with Gasteiger partial charge in [0.05, 0.1) is 8.66 Å². The molecule has 1 amide bonds. The zero-order valence-electron chi connectivity index (χ0n) is 14.7. The molecule has 2 aromatic heterocycles. The van der Waals surface area contributed by atoms with Gasteiger partial charge in [0, 0.05) is 19.1 Å². The Morgan fingerprint density at radius 3 is 3.04 bits per heavy atom. The summed E-state index contributed by atoms with van der Waals surface area (Å²) >= 11 is 4.99. The van der Waals surface area contributed by atoms with Crippen LogP contribution in [0.1, 0.15) is 48.7 Å². The lowest BCUT2D eigenvalue weighted by molar-refractivity contribution is 0.0948. The van der Waals surface area contributed by atoms with Gasteiger partial charge in [-0.1, -0.05) is 11.6 Å². The highest BCUT2D eigenvalue weighted by molar-refractivity contribution is 9.11. The Hall–Kier alpha value is -1.18. The molecule has 0 saturated carbocycles. The van der Waals surface area contributed by atoms with Gasteiger partial charge in [0.1, 0.15) is 17.0 Å². The largest absolute Gasteiger partial charge is 0.360 e. The van der Waals surface area contributed by atoms with Crippen LogP contribution in [-0.4, -0.2) is 41.6 Å². The summed E-state index contributed by atoms with van der Waals surface area (Å²) < 4.78 is 6.27. The van der Waals surface area contributed by atoms with Crippen LogP contribution >= 0.6 is 27.3 Å². The number of likely N-dealkylation sites (tertiary alicyclic amines) is 1. The number of rotatable bonds is 6. The van der Waals surface area contributed by atoms with E-state index in [1.165, 1.54) is 25.8 Å². The Balaban J connectivity index is 1.56. The van der Waals surface area contributed by atoms with Crippen LogP contribution < -0.4 is 5.32 Å². The molecule has 0 aliphatic carbocycles. The van der Waals surface area contributed by atoms with Crippen molar-refractivity contribution in [2.24, 2.45) is 0 Å². The van der Waals surface area contributed by atoms with Gasteiger partial charge >= 0.3 is 0 Å². The molecule has 1 unspecified atom stereocenters. The minimum Gasteiger partial charge on any atom is -0.360 e. The van der Waals surface area contributed by atoms with Gasteiger partial charge in [-0.25, -0.2) is 0 Å². The van der Waals surface area contributed by atoms with Crippen molar-refractivity contribution in [3.8, 4) is 10.6 Å². The van der Waals surface area contributed by atoms with Crippen LogP contribution in [0.3, 0.4) is 0 Å². The summed E-state index contributed by atoms with van der Waals surface area (Å²) in [6, 6.07) is 4.56. The van der Waals surface area contributed by atoms with Crippen molar-refractivity contribution in [1.82, 2.24) is 15.4 Å². The second-order valence-electron chi connectivity index (χ2n) is 6.56. The molecule has 7 heteroatoms. The van der Waals surface area contributed by atoms with E-state index < -0.39 is 0 Å². The number of aromatic nitrogens is 1. The molecule has 0 radical (unpaired) electrons. The van der Waals surface area contributed by atoms with Crippen LogP contribution in [0.5, 0.6) is 0 Å². The molecular weight excluding hydrogens is 402 g/mol. The number of piperidine rings is 1. The molecule has 0 bridgehead atoms. The fraction of sp³-hybridized carbons (Fsp3) is 0.556. The highest BCUT2D eigenvalue weighted by Gasteiger charge is 2.23. The fourth-order valence-electron chi connectivity index (χ4n) is 3.31. The van der Waals surface area contributed by atoms with E-state index in [2.05, 4.69) is 38.2 Å². The first kappa shape index (κ1) is 18.6. The normalized spacial score (nSPS) is 18.4. The first-order valence-corrected chi connectivity index (χ1v) is 10.4. The van der Waals surface area contributed by atoms with Gasteiger partial charge in [-0.05, 0) is 67.7 Å². The average molecular weight is 426 g/mol. The minimum atomic E-state index is -0.107. The number of halogens is 1. The molecule has 3 heterocycles. The fourth-order valence-corrected chi connectivity index (χ4v) is 4.69. The summed E-state index contributed by atoms with van der Waals surface area (Å²) in [4.78, 5) is 16.1. The van der Waals surface area contributed by atoms with Crippen molar-refractivity contribution >= 4 is 33.2 Å². The van der Waals surface area contributed by atoms with Crippen LogP contribution in [0.15, 0.2) is 20.4 Å². The average Bonchev–Trinajstić information content (AvgIpc) is 3.18. The third kappa shape index (κ3) is 4.51. The third-order valence-electron chi connectivity index (χ3n) is 4.74. The zero-order valence-corrected chi connectivity index (χ0v) is 17.1. The van der Waals surface area contributed by atoms with E-state index in [-0.39, 0.29) is 5.91 Å². The van der Waals surface area contributed by atoms with Crippen molar-refractivity contribution in [3.63, 3.8) is 0 Å². The summed E-state index contributed by atoms with van der Waals surface area (Å²) in [5.74, 6) is 0.451. The molecule has 0 spiro atoms. The lowest BCUT2D eigenvalue weighted by atomic mass is 10.0. The number of nitrogens with one attached hydrogen (secondary N) is 1. The lowest BCUT2D eigenvalue weighted by Crippen LogP contribution is -2.39. The van der Waals surface area contributed by atoms with E-state index in [0.29, 0.717) is 29.6 Å². The molecule has 1 saturated heterocycles. The standard InChI is InChI=1S/C18H24BrN3O2S/c1-12-6-3-4-10-22(12)11-5-9-20-18(23)16-13(2)24-21-17(16)14-7-8-15(19)25-14/h7-8,12H,3-6,9-11H2,1-2H3,(H,20,23). The van der Waals surface area contributed by atoms with Gasteiger partial charge in [0.25, 0.3) is 5.91 Å². The van der Waals surface area contributed by atoms with Gasteiger partial charge in [-0.3, -0.25) is 4.79 Å². The molecule has 25 heavy (non-hydrogen) atoms. The Kier molecular flexibility index (Phi) is 6.30. The van der Waals surface area contributed by atoms with Crippen molar-refractivity contribution in [3.05, 3.63) is 27.2 Å². The van der Waals surface area contributed by atoms with Gasteiger partial charge < -0.3 is 14.7 Å². The van der Waals surface area contributed by atoms with E-state index in [9.17, 15) is 4.79 Å². The van der Waals surface area contributed by atoms with E-state index in [1.54, 1.807) is 18.3 Å². The summed E-state index contributed by atoms with van der Waals surface area (Å²) in [7, 11) is 0. The highest BCUT2D eigenvalue weighted by atomic mass is 79.9. The molecule has 5 nitrogen and oxygen atoms in total. The number of carbonyl (C=O) groups excluding carboxylic acids is 1. The molecule has 1 aliphatic rings. The predicted octanol–water partition coefficient (Wildman–Crippen LogP) is 4.47. The van der Waals surface area contributed by atoms with Crippen molar-refractivity contribution in [1.29, 1.82) is 0 Å². The van der Waals surface area contributed by atoms with Gasteiger partial charge in [0.15, 0.2) is 0 Å². The zero-order chi connectivity index (χ0) is 17.8. The highest BCUT2D eigenvalue weighted by Crippen LogP contribution is 2.33. The Labute approximate surface area is 160 Å². The van der Waals surface area contributed by atoms with Crippen LogP contribution in [0.25, 0.3) is 10.6 Å². The van der Waals surface area contributed by atoms with Crippen LogP contribution in [0, 0.1) is 6.92 Å². The number of hydrogen-bond donors (Lipinski definition) is 1. The first-order valence-electron chi connectivity index (χ1n) is 8.80. The number of aryl methyl sites for hydroxylation is 1. The van der Waals surface area contributed by atoms with E-state index >= 15 is 0 Å². The second-order valence-corrected chi connectivity index (χ2v) is 9.02. The quantitative estimate of drug-likeness (QED) is 0.693. The molecule has 3 rings (SSSR count). The van der Waals surface area contributed by atoms with Gasteiger partial charge in [-0.2, -0.15) is 0 Å². The summed E-state index contributed by atoms with van der Waals surface area (Å²) in [5, 5.41) is 7.10. The van der Waals surface area contributed by atoms with E-state index in [0.717, 1.165) is 21.6 Å². The first-order chi connectivity index (χ1) is 12.1. The minimum absolute atomic E-state index is 0.107. The molecule has 1 fully saturated rings. The Morgan fingerprint density at radius 1 is 1.48 bits per heavy atom. The van der Waals surface area contributed by atoms with Gasteiger partial charge in [-0.15, -0.1) is 11.3 Å². The summed E-state index contributed by atoms with van der Waals surface area (Å²) in [5.41, 5.74) is 1.16. The van der Waals surface area contributed by atoms with E-state index in [1.807, 2.05) is 12.1 Å². The molecular formula is C18H24BrN3O2S. The number of nitrogens with zero attached hydrogens (tertiary/aromatic N) is 2. The van der Waals surface area contributed by atoms with Crippen molar-refractivity contribution < 1.29 is 9.32 Å². The Bertz CT molecular complexity index is 728. The molecule has 136 valence electrons. The number of carbonyl (C=O) groups is 1. The van der Waals surface area contributed by atoms with Crippen molar-refractivity contribution in [2.75, 3.05) is 19.6 Å². The second kappa shape index (κ2) is 8.47. The molecule has 0 aromatic carbocycles. The summed E-state index contributed by atoms with van der Waals surface area (Å²) in [6.45, 7) is 6.96. The molecule has 2 aromatic rings. The maximum Gasteiger partial charge on any atom is 0.257 e. The number of amides is 1. The number of thiophene rings is 1. The molecule has 1 N–H and O–H groups in total.